The van der Waals surface area contributed by atoms with Crippen molar-refractivity contribution in [2.24, 2.45) is 5.92 Å². The molecule has 0 aliphatic carbocycles. The number of fused-ring (bicyclic) bond motifs is 3. The number of quaternary nitrogens is 1. The molecule has 0 amide bonds. The highest BCUT2D eigenvalue weighted by molar-refractivity contribution is 5.66. The molecule has 0 radical (unpaired) electrons. The third-order valence-electron chi connectivity index (χ3n) is 6.06. The van der Waals surface area contributed by atoms with Crippen molar-refractivity contribution >= 4 is 5.97 Å². The first-order chi connectivity index (χ1) is 12.2. The fraction of sp³-hybridized carbons (Fsp3) is 0.409. The Morgan fingerprint density at radius 3 is 1.96 bits per heavy atom. The monoisotopic (exact) mass is 336 g/mol. The standard InChI is InChI=1S/C22H26NO2/c1-17(24)25-21-16-23(14-12-18(21)13-15-23)22(19-8-4-2-5-9-19)20-10-6-3-7-11-20/h2-11,18,21-22H,12-16H2,1H3/q+1. The maximum absolute atomic E-state index is 11.6. The molecule has 3 nitrogen and oxygen atoms in total. The molecule has 2 bridgehead atoms. The van der Waals surface area contributed by atoms with Crippen LogP contribution in [0.4, 0.5) is 0 Å². The van der Waals surface area contributed by atoms with Gasteiger partial charge in [0.2, 0.25) is 0 Å². The summed E-state index contributed by atoms with van der Waals surface area (Å²) < 4.78 is 6.72. The molecule has 0 aromatic heterocycles. The van der Waals surface area contributed by atoms with Crippen LogP contribution in [0.3, 0.4) is 0 Å². The van der Waals surface area contributed by atoms with Crippen LogP contribution in [0.5, 0.6) is 0 Å². The van der Waals surface area contributed by atoms with Crippen LogP contribution in [-0.2, 0) is 9.53 Å². The minimum atomic E-state index is -0.145. The minimum absolute atomic E-state index is 0.0647. The topological polar surface area (TPSA) is 26.3 Å². The third-order valence-corrected chi connectivity index (χ3v) is 6.06. The van der Waals surface area contributed by atoms with Gasteiger partial charge in [0.1, 0.15) is 12.6 Å². The number of hydrogen-bond acceptors (Lipinski definition) is 2. The molecule has 1 unspecified atom stereocenters. The van der Waals surface area contributed by atoms with Crippen LogP contribution in [0.2, 0.25) is 0 Å². The fourth-order valence-corrected chi connectivity index (χ4v) is 4.97. The van der Waals surface area contributed by atoms with E-state index in [9.17, 15) is 4.79 Å². The lowest BCUT2D eigenvalue weighted by atomic mass is 9.79. The summed E-state index contributed by atoms with van der Waals surface area (Å²) in [6.45, 7) is 4.79. The molecule has 5 rings (SSSR count). The molecule has 25 heavy (non-hydrogen) atoms. The Hall–Kier alpha value is -2.13. The molecule has 3 fully saturated rings. The van der Waals surface area contributed by atoms with Gasteiger partial charge in [-0.1, -0.05) is 60.7 Å². The third kappa shape index (κ3) is 3.09. The zero-order valence-electron chi connectivity index (χ0n) is 14.8. The van der Waals surface area contributed by atoms with Crippen molar-refractivity contribution in [3.63, 3.8) is 0 Å². The van der Waals surface area contributed by atoms with Gasteiger partial charge < -0.3 is 9.22 Å². The van der Waals surface area contributed by atoms with Crippen molar-refractivity contribution in [1.29, 1.82) is 0 Å². The van der Waals surface area contributed by atoms with Gasteiger partial charge in [-0.15, -0.1) is 0 Å². The number of ether oxygens (including phenoxy) is 1. The van der Waals surface area contributed by atoms with Gasteiger partial charge in [-0.25, -0.2) is 0 Å². The summed E-state index contributed by atoms with van der Waals surface area (Å²) in [4.78, 5) is 11.6. The van der Waals surface area contributed by atoms with Gasteiger partial charge in [-0.3, -0.25) is 4.79 Å². The number of piperidine rings is 3. The molecule has 0 saturated carbocycles. The number of carbonyl (C=O) groups is 1. The molecule has 130 valence electrons. The summed E-state index contributed by atoms with van der Waals surface area (Å²) in [6.07, 6.45) is 2.36. The molecule has 0 spiro atoms. The van der Waals surface area contributed by atoms with E-state index in [1.807, 2.05) is 0 Å². The number of rotatable bonds is 4. The number of hydrogen-bond donors (Lipinski definition) is 0. The van der Waals surface area contributed by atoms with Gasteiger partial charge in [0.05, 0.1) is 13.1 Å². The molecule has 3 aliphatic rings. The molecule has 0 N–H and O–H groups in total. The zero-order valence-corrected chi connectivity index (χ0v) is 14.8. The number of benzene rings is 2. The van der Waals surface area contributed by atoms with Gasteiger partial charge in [0.25, 0.3) is 0 Å². The summed E-state index contributed by atoms with van der Waals surface area (Å²) >= 11 is 0. The Morgan fingerprint density at radius 1 is 0.960 bits per heavy atom. The Morgan fingerprint density at radius 2 is 1.48 bits per heavy atom. The SMILES string of the molecule is CC(=O)OC1C[N+]2(C(c3ccccc3)c3ccccc3)CCC1CC2. The van der Waals surface area contributed by atoms with E-state index in [4.69, 9.17) is 4.74 Å². The van der Waals surface area contributed by atoms with Crippen molar-refractivity contribution < 1.29 is 14.0 Å². The lowest BCUT2D eigenvalue weighted by molar-refractivity contribution is -0.968. The maximum atomic E-state index is 11.6. The average Bonchev–Trinajstić information content (AvgIpc) is 2.64. The molecule has 3 heterocycles. The summed E-state index contributed by atoms with van der Waals surface area (Å²) in [5.41, 5.74) is 2.71. The lowest BCUT2D eigenvalue weighted by Gasteiger charge is -2.55. The highest BCUT2D eigenvalue weighted by Gasteiger charge is 2.51. The summed E-state index contributed by atoms with van der Waals surface area (Å²) in [5.74, 6) is 0.393. The van der Waals surface area contributed by atoms with Crippen molar-refractivity contribution in [2.45, 2.75) is 31.9 Å². The highest BCUT2D eigenvalue weighted by atomic mass is 16.5. The molecule has 2 aromatic carbocycles. The Bertz CT molecular complexity index is 681. The van der Waals surface area contributed by atoms with E-state index in [0.717, 1.165) is 37.0 Å². The van der Waals surface area contributed by atoms with Crippen molar-refractivity contribution in [1.82, 2.24) is 0 Å². The van der Waals surface area contributed by atoms with Gasteiger partial charge in [-0.05, 0) is 0 Å². The fourth-order valence-electron chi connectivity index (χ4n) is 4.97. The van der Waals surface area contributed by atoms with Gasteiger partial charge >= 0.3 is 5.97 Å². The van der Waals surface area contributed by atoms with E-state index in [2.05, 4.69) is 60.7 Å². The Kier molecular flexibility index (Phi) is 4.34. The summed E-state index contributed by atoms with van der Waals surface area (Å²) in [5, 5.41) is 0. The van der Waals surface area contributed by atoms with Crippen LogP contribution in [0.15, 0.2) is 60.7 Å². The van der Waals surface area contributed by atoms with E-state index < -0.39 is 0 Å². The molecule has 3 heteroatoms. The van der Waals surface area contributed by atoms with Gasteiger partial charge in [-0.2, -0.15) is 0 Å². The average molecular weight is 336 g/mol. The number of esters is 1. The number of nitrogens with zero attached hydrogens (tertiary/aromatic N) is 1. The van der Waals surface area contributed by atoms with E-state index >= 15 is 0 Å². The van der Waals surface area contributed by atoms with E-state index in [1.54, 1.807) is 0 Å². The van der Waals surface area contributed by atoms with Crippen LogP contribution in [-0.4, -0.2) is 36.2 Å². The van der Waals surface area contributed by atoms with Crippen molar-refractivity contribution in [3.05, 3.63) is 71.8 Å². The second kappa shape index (κ2) is 6.64. The maximum Gasteiger partial charge on any atom is 0.303 e. The first-order valence-corrected chi connectivity index (χ1v) is 9.31. The summed E-state index contributed by atoms with van der Waals surface area (Å²) in [7, 11) is 0. The van der Waals surface area contributed by atoms with E-state index in [-0.39, 0.29) is 12.1 Å². The smallest absolute Gasteiger partial charge is 0.303 e. The van der Waals surface area contributed by atoms with Crippen LogP contribution in [0.1, 0.15) is 36.9 Å². The first kappa shape index (κ1) is 16.3. The minimum Gasteiger partial charge on any atom is -0.456 e. The Labute approximate surface area is 149 Å². The van der Waals surface area contributed by atoms with Gasteiger partial charge in [0.15, 0.2) is 6.10 Å². The number of carbonyl (C=O) groups excluding carboxylic acids is 1. The second-order valence-electron chi connectivity index (χ2n) is 7.56. The molecule has 2 aromatic rings. The predicted octanol–water partition coefficient (Wildman–Crippen LogP) is 3.95. The molecular weight excluding hydrogens is 310 g/mol. The first-order valence-electron chi connectivity index (χ1n) is 9.31. The molecule has 3 saturated heterocycles. The van der Waals surface area contributed by atoms with Crippen molar-refractivity contribution in [3.8, 4) is 0 Å². The predicted molar refractivity (Wildman–Crippen MR) is 97.9 cm³/mol. The van der Waals surface area contributed by atoms with E-state index in [0.29, 0.717) is 12.0 Å². The lowest BCUT2D eigenvalue weighted by Crippen LogP contribution is -2.65. The van der Waals surface area contributed by atoms with E-state index in [1.165, 1.54) is 18.1 Å². The molecular formula is C22H26NO2+. The van der Waals surface area contributed by atoms with Crippen LogP contribution in [0, 0.1) is 5.92 Å². The normalized spacial score (nSPS) is 28.1. The summed E-state index contributed by atoms with van der Waals surface area (Å²) in [6, 6.07) is 21.9. The van der Waals surface area contributed by atoms with Crippen LogP contribution >= 0.6 is 0 Å². The Balaban J connectivity index is 1.75. The molecule has 1 atom stereocenters. The second-order valence-corrected chi connectivity index (χ2v) is 7.56. The quantitative estimate of drug-likeness (QED) is 0.624. The van der Waals surface area contributed by atoms with Gasteiger partial charge in [0, 0.05) is 36.8 Å². The highest BCUT2D eigenvalue weighted by Crippen LogP contribution is 2.45. The van der Waals surface area contributed by atoms with Crippen LogP contribution in [0.25, 0.3) is 0 Å². The van der Waals surface area contributed by atoms with Crippen molar-refractivity contribution in [2.75, 3.05) is 19.6 Å². The zero-order chi connectivity index (χ0) is 17.3. The molecule has 3 aliphatic heterocycles. The largest absolute Gasteiger partial charge is 0.456 e. The van der Waals surface area contributed by atoms with Crippen LogP contribution < -0.4 is 0 Å².